The number of rotatable bonds is 7. The van der Waals surface area contributed by atoms with Crippen molar-refractivity contribution in [2.45, 2.75) is 31.0 Å². The molecule has 2 aliphatic rings. The summed E-state index contributed by atoms with van der Waals surface area (Å²) >= 11 is 0. The molecular weight excluding hydrogens is 380 g/mol. The molecule has 6 nitrogen and oxygen atoms in total. The van der Waals surface area contributed by atoms with Crippen LogP contribution in [0.1, 0.15) is 30.0 Å². The second kappa shape index (κ2) is 8.22. The number of nitrogens with zero attached hydrogens (tertiary/aromatic N) is 2. The highest BCUT2D eigenvalue weighted by Gasteiger charge is 2.56. The first-order chi connectivity index (χ1) is 14.6. The predicted molar refractivity (Wildman–Crippen MR) is 113 cm³/mol. The first-order valence-electron chi connectivity index (χ1n) is 10.1. The molecular formula is C24H26N2O4. The zero-order valence-corrected chi connectivity index (χ0v) is 17.1. The molecule has 0 radical (unpaired) electrons. The molecule has 0 saturated carbocycles. The molecule has 0 aliphatic carbocycles. The van der Waals surface area contributed by atoms with Gasteiger partial charge in [0.2, 0.25) is 5.91 Å². The molecule has 4 rings (SSSR count). The minimum atomic E-state index is -0.970. The van der Waals surface area contributed by atoms with E-state index in [4.69, 9.17) is 9.47 Å². The van der Waals surface area contributed by atoms with Gasteiger partial charge in [0.15, 0.2) is 0 Å². The molecule has 2 aliphatic heterocycles. The van der Waals surface area contributed by atoms with Crippen LogP contribution in [-0.2, 0) is 16.1 Å². The fourth-order valence-corrected chi connectivity index (χ4v) is 4.49. The largest absolute Gasteiger partial charge is 0.497 e. The first kappa shape index (κ1) is 20.0. The molecule has 0 spiro atoms. The van der Waals surface area contributed by atoms with Crippen LogP contribution in [0.25, 0.3) is 0 Å². The van der Waals surface area contributed by atoms with Crippen molar-refractivity contribution < 1.29 is 19.1 Å². The zero-order chi connectivity index (χ0) is 21.1. The third-order valence-corrected chi connectivity index (χ3v) is 6.01. The summed E-state index contributed by atoms with van der Waals surface area (Å²) in [5, 5.41) is 0. The molecule has 2 aromatic rings. The number of amides is 2. The van der Waals surface area contributed by atoms with Crippen LogP contribution in [0.2, 0.25) is 0 Å². The number of likely N-dealkylation sites (tertiary alicyclic amines) is 1. The Morgan fingerprint density at radius 3 is 2.57 bits per heavy atom. The van der Waals surface area contributed by atoms with Gasteiger partial charge in [-0.2, -0.15) is 0 Å². The molecule has 2 fully saturated rings. The van der Waals surface area contributed by atoms with Crippen molar-refractivity contribution in [2.24, 2.45) is 0 Å². The Morgan fingerprint density at radius 2 is 1.90 bits per heavy atom. The van der Waals surface area contributed by atoms with Gasteiger partial charge in [-0.1, -0.05) is 48.5 Å². The average molecular weight is 406 g/mol. The van der Waals surface area contributed by atoms with Gasteiger partial charge in [0.1, 0.15) is 17.9 Å². The number of hydrogen-bond acceptors (Lipinski definition) is 4. The molecule has 156 valence electrons. The lowest BCUT2D eigenvalue weighted by molar-refractivity contribution is -0.137. The van der Waals surface area contributed by atoms with Crippen LogP contribution in [0.4, 0.5) is 4.79 Å². The second-order valence-electron chi connectivity index (χ2n) is 7.72. The maximum atomic E-state index is 13.7. The number of carbonyl (C=O) groups excluding carboxylic acids is 2. The molecule has 0 bridgehead atoms. The quantitative estimate of drug-likeness (QED) is 0.654. The highest BCUT2D eigenvalue weighted by molar-refractivity contribution is 5.92. The number of benzene rings is 2. The van der Waals surface area contributed by atoms with E-state index in [1.54, 1.807) is 18.1 Å². The molecule has 2 saturated heterocycles. The Kier molecular flexibility index (Phi) is 5.48. The molecule has 2 aromatic carbocycles. The van der Waals surface area contributed by atoms with Gasteiger partial charge in [0, 0.05) is 13.1 Å². The van der Waals surface area contributed by atoms with Crippen molar-refractivity contribution >= 4 is 12.0 Å². The Balaban J connectivity index is 1.62. The zero-order valence-electron chi connectivity index (χ0n) is 17.1. The normalized spacial score (nSPS) is 23.6. The second-order valence-corrected chi connectivity index (χ2v) is 7.72. The predicted octanol–water partition coefficient (Wildman–Crippen LogP) is 3.94. The molecule has 2 heterocycles. The van der Waals surface area contributed by atoms with Crippen LogP contribution in [0, 0.1) is 0 Å². The lowest BCUT2D eigenvalue weighted by Gasteiger charge is -2.38. The van der Waals surface area contributed by atoms with E-state index in [0.29, 0.717) is 25.9 Å². The third-order valence-electron chi connectivity index (χ3n) is 6.01. The van der Waals surface area contributed by atoms with Gasteiger partial charge in [0.05, 0.1) is 13.2 Å². The van der Waals surface area contributed by atoms with E-state index >= 15 is 0 Å². The van der Waals surface area contributed by atoms with Crippen LogP contribution >= 0.6 is 0 Å². The van der Waals surface area contributed by atoms with E-state index in [0.717, 1.165) is 16.9 Å². The summed E-state index contributed by atoms with van der Waals surface area (Å²) in [5.41, 5.74) is 1.01. The van der Waals surface area contributed by atoms with Crippen LogP contribution in [-0.4, -0.2) is 47.6 Å². The van der Waals surface area contributed by atoms with Crippen molar-refractivity contribution in [3.05, 3.63) is 78.4 Å². The number of hydrogen-bond donors (Lipinski definition) is 0. The smallest absolute Gasteiger partial charge is 0.411 e. The topological polar surface area (TPSA) is 59.1 Å². The number of carbonyl (C=O) groups is 2. The summed E-state index contributed by atoms with van der Waals surface area (Å²) in [4.78, 5) is 29.9. The van der Waals surface area contributed by atoms with Gasteiger partial charge < -0.3 is 14.4 Å². The van der Waals surface area contributed by atoms with E-state index < -0.39 is 11.6 Å². The van der Waals surface area contributed by atoms with Crippen molar-refractivity contribution in [1.29, 1.82) is 0 Å². The minimum absolute atomic E-state index is 0.0574. The van der Waals surface area contributed by atoms with Gasteiger partial charge in [-0.05, 0) is 36.1 Å². The van der Waals surface area contributed by atoms with Gasteiger partial charge in [0.25, 0.3) is 0 Å². The molecule has 0 N–H and O–H groups in total. The van der Waals surface area contributed by atoms with E-state index in [-0.39, 0.29) is 18.6 Å². The average Bonchev–Trinajstić information content (AvgIpc) is 3.31. The fraction of sp³-hybridized carbons (Fsp3) is 0.333. The minimum Gasteiger partial charge on any atom is -0.497 e. The van der Waals surface area contributed by atoms with E-state index in [9.17, 15) is 9.59 Å². The molecule has 0 unspecified atom stereocenters. The van der Waals surface area contributed by atoms with Crippen LogP contribution in [0.15, 0.2) is 67.3 Å². The number of ether oxygens (including phenoxy) is 2. The summed E-state index contributed by atoms with van der Waals surface area (Å²) in [6.45, 7) is 5.17. The standard InChI is InChI=1S/C24H26N2O4/c1-3-13-24(26-21(17-30-23(26)28)19-7-5-4-6-8-19)14-15-25(22(24)27)16-18-9-11-20(29-2)12-10-18/h3-12,21H,1,13-17H2,2H3/t21-,24-/m1/s1. The van der Waals surface area contributed by atoms with Crippen LogP contribution in [0.5, 0.6) is 5.75 Å². The highest BCUT2D eigenvalue weighted by Crippen LogP contribution is 2.42. The molecule has 2 amide bonds. The SMILES string of the molecule is C=CC[C@@]1(N2C(=O)OC[C@@H]2c2ccccc2)CCN(Cc2ccc(OC)cc2)C1=O. The van der Waals surface area contributed by atoms with Gasteiger partial charge in [-0.15, -0.1) is 6.58 Å². The van der Waals surface area contributed by atoms with Crippen molar-refractivity contribution in [1.82, 2.24) is 9.80 Å². The number of methoxy groups -OCH3 is 1. The summed E-state index contributed by atoms with van der Waals surface area (Å²) in [7, 11) is 1.63. The summed E-state index contributed by atoms with van der Waals surface area (Å²) in [5.74, 6) is 0.719. The number of cyclic esters (lactones) is 1. The summed E-state index contributed by atoms with van der Waals surface area (Å²) in [6, 6.07) is 17.1. The van der Waals surface area contributed by atoms with E-state index in [1.165, 1.54) is 0 Å². The van der Waals surface area contributed by atoms with E-state index in [2.05, 4.69) is 6.58 Å². The third kappa shape index (κ3) is 3.43. The molecule has 30 heavy (non-hydrogen) atoms. The summed E-state index contributed by atoms with van der Waals surface area (Å²) < 4.78 is 10.6. The van der Waals surface area contributed by atoms with Crippen LogP contribution < -0.4 is 4.74 Å². The Bertz CT molecular complexity index is 928. The maximum Gasteiger partial charge on any atom is 0.411 e. The lowest BCUT2D eigenvalue weighted by Crippen LogP contribution is -2.55. The van der Waals surface area contributed by atoms with Gasteiger partial charge in [-0.25, -0.2) is 4.79 Å². The maximum absolute atomic E-state index is 13.7. The van der Waals surface area contributed by atoms with E-state index in [1.807, 2.05) is 59.5 Å². The van der Waals surface area contributed by atoms with Crippen molar-refractivity contribution in [3.8, 4) is 5.75 Å². The van der Waals surface area contributed by atoms with Crippen molar-refractivity contribution in [2.75, 3.05) is 20.3 Å². The Morgan fingerprint density at radius 1 is 1.17 bits per heavy atom. The Labute approximate surface area is 176 Å². The molecule has 0 aromatic heterocycles. The van der Waals surface area contributed by atoms with Crippen LogP contribution in [0.3, 0.4) is 0 Å². The van der Waals surface area contributed by atoms with Gasteiger partial charge >= 0.3 is 6.09 Å². The lowest BCUT2D eigenvalue weighted by atomic mass is 9.88. The monoisotopic (exact) mass is 406 g/mol. The van der Waals surface area contributed by atoms with Crippen molar-refractivity contribution in [3.63, 3.8) is 0 Å². The summed E-state index contributed by atoms with van der Waals surface area (Å²) in [6.07, 6.45) is 2.23. The molecule has 2 atom stereocenters. The highest BCUT2D eigenvalue weighted by atomic mass is 16.6. The molecule has 6 heteroatoms. The first-order valence-corrected chi connectivity index (χ1v) is 10.1. The van der Waals surface area contributed by atoms with Gasteiger partial charge in [-0.3, -0.25) is 9.69 Å². The fourth-order valence-electron chi connectivity index (χ4n) is 4.49. The Hall–Kier alpha value is -3.28.